The summed E-state index contributed by atoms with van der Waals surface area (Å²) in [7, 11) is 3.33. The molecule has 0 aromatic rings. The molecule has 16 nitrogen and oxygen atoms in total. The number of rotatable bonds is 48. The molecule has 83 heavy (non-hydrogen) atoms. The van der Waals surface area contributed by atoms with Crippen molar-refractivity contribution in [1.29, 1.82) is 0 Å². The summed E-state index contributed by atoms with van der Waals surface area (Å²) in [4.78, 5) is 85.3. The molecule has 0 unspecified atom stereocenters. The van der Waals surface area contributed by atoms with Gasteiger partial charge in [0.1, 0.15) is 35.0 Å². The highest BCUT2D eigenvalue weighted by Crippen LogP contribution is 2.25. The predicted octanol–water partition coefficient (Wildman–Crippen LogP) is 16.9. The number of carbonyl (C=O) groups excluding carboxylic acids is 6. The Hall–Kier alpha value is -3.28. The van der Waals surface area contributed by atoms with Gasteiger partial charge in [-0.1, -0.05) is 190 Å². The van der Waals surface area contributed by atoms with Crippen LogP contribution < -0.4 is 16.0 Å². The number of alkyl carbamates (subject to hydrolysis) is 1. The van der Waals surface area contributed by atoms with Gasteiger partial charge in [-0.3, -0.25) is 14.5 Å². The zero-order valence-corrected chi connectivity index (χ0v) is 57.2. The summed E-state index contributed by atoms with van der Waals surface area (Å²) < 4.78 is 22.6. The molecule has 0 radical (unpaired) electrons. The molecule has 0 heterocycles. The summed E-state index contributed by atoms with van der Waals surface area (Å²) in [5.74, 6) is 0.652. The fourth-order valence-electron chi connectivity index (χ4n) is 9.06. The fraction of sp³-hybridized carbons (Fsp3) is 0.908. The highest BCUT2D eigenvalue weighted by Gasteiger charge is 2.29. The Balaban J connectivity index is 5.77. The Morgan fingerprint density at radius 3 is 1.12 bits per heavy atom. The van der Waals surface area contributed by atoms with Gasteiger partial charge >= 0.3 is 24.4 Å². The van der Waals surface area contributed by atoms with E-state index in [0.717, 1.165) is 31.4 Å². The number of unbranched alkanes of at least 4 members (excludes halogenated alkanes) is 25. The molecule has 3 N–H and O–H groups in total. The average molecular weight is 1220 g/mol. The van der Waals surface area contributed by atoms with Crippen LogP contribution in [0.3, 0.4) is 0 Å². The first-order valence-corrected chi connectivity index (χ1v) is 35.4. The molecule has 0 saturated heterocycles. The summed E-state index contributed by atoms with van der Waals surface area (Å²) in [6, 6.07) is -0.794. The van der Waals surface area contributed by atoms with E-state index in [1.807, 2.05) is 0 Å². The van der Waals surface area contributed by atoms with E-state index in [9.17, 15) is 28.8 Å². The van der Waals surface area contributed by atoms with Crippen LogP contribution in [0.4, 0.5) is 19.2 Å². The van der Waals surface area contributed by atoms with Gasteiger partial charge in [0.15, 0.2) is 0 Å². The molecule has 6 amide bonds. The van der Waals surface area contributed by atoms with Crippen LogP contribution in [-0.2, 0) is 28.5 Å². The second-order valence-corrected chi connectivity index (χ2v) is 29.3. The maximum absolute atomic E-state index is 14.0. The molecule has 0 aliphatic heterocycles. The Morgan fingerprint density at radius 1 is 0.373 bits per heavy atom. The van der Waals surface area contributed by atoms with Gasteiger partial charge in [-0.2, -0.15) is 0 Å². The maximum Gasteiger partial charge on any atom is 0.410 e. The summed E-state index contributed by atoms with van der Waals surface area (Å²) in [6.07, 6.45) is 32.8. The van der Waals surface area contributed by atoms with E-state index in [-0.39, 0.29) is 25.5 Å². The highest BCUT2D eigenvalue weighted by atomic mass is 33.1. The molecule has 0 aromatic carbocycles. The van der Waals surface area contributed by atoms with Gasteiger partial charge in [0.25, 0.3) is 0 Å². The highest BCUT2D eigenvalue weighted by molar-refractivity contribution is 8.76. The molecular weight excluding hydrogens is 1090 g/mol. The van der Waals surface area contributed by atoms with Crippen molar-refractivity contribution in [3.05, 3.63) is 0 Å². The van der Waals surface area contributed by atoms with Gasteiger partial charge in [-0.25, -0.2) is 19.2 Å². The van der Waals surface area contributed by atoms with Crippen molar-refractivity contribution in [1.82, 2.24) is 30.7 Å². The molecule has 0 aliphatic rings. The standard InChI is InChI=1S/C65H126N6O10S2/c1-15-17-19-21-23-25-27-28-29-30-31-32-33-35-37-39-45-66-57(73)55(54-83-82-52-42-38-36-34-26-24-22-20-18-16-2)68-56(72)53-71(61(77)81-65(12,13)14)51-44-50-70(60(76)80-64(9,10)11)48-41-40-47-69(59(75)79-63(6,7)8)49-43-46-67-58(74)78-62(3,4)5/h55H,15-54H2,1-14H3,(H,66,73)(H,67,74)(H,68,72)/t55-/m0/s1. The van der Waals surface area contributed by atoms with Gasteiger partial charge in [0.05, 0.1) is 0 Å². The van der Waals surface area contributed by atoms with E-state index in [1.54, 1.807) is 114 Å². The van der Waals surface area contributed by atoms with Gasteiger partial charge in [-0.15, -0.1) is 0 Å². The van der Waals surface area contributed by atoms with E-state index in [2.05, 4.69) is 29.8 Å². The number of hydrogen-bond acceptors (Lipinski definition) is 12. The van der Waals surface area contributed by atoms with Crippen molar-refractivity contribution in [2.75, 3.05) is 63.9 Å². The van der Waals surface area contributed by atoms with E-state index in [0.29, 0.717) is 64.2 Å². The number of nitrogens with zero attached hydrogens (tertiary/aromatic N) is 3. The number of carbonyl (C=O) groups is 6. The molecule has 0 aromatic heterocycles. The zero-order chi connectivity index (χ0) is 62.4. The molecule has 488 valence electrons. The number of nitrogens with one attached hydrogen (secondary N) is 3. The number of ether oxygens (including phenoxy) is 4. The minimum absolute atomic E-state index is 0.0883. The molecule has 0 rings (SSSR count). The van der Waals surface area contributed by atoms with Crippen molar-refractivity contribution in [3.8, 4) is 0 Å². The quantitative estimate of drug-likeness (QED) is 0.0298. The van der Waals surface area contributed by atoms with Crippen LogP contribution in [0.1, 0.15) is 290 Å². The molecule has 0 saturated carbocycles. The molecule has 0 fully saturated rings. The SMILES string of the molecule is CCCCCCCCCCCCCCCCCCNC(=O)[C@H](CSSCCCCCCCCCCCC)NC(=O)CN(CCCN(CCCCN(CCCNC(=O)OC(C)(C)C)C(=O)OC(C)(C)C)C(=O)OC(C)(C)C)C(=O)OC(C)(C)C. The monoisotopic (exact) mass is 1210 g/mol. The smallest absolute Gasteiger partial charge is 0.410 e. The summed E-state index contributed by atoms with van der Waals surface area (Å²) in [5, 5.41) is 8.81. The Labute approximate surface area is 515 Å². The minimum atomic E-state index is -0.840. The third kappa shape index (κ3) is 51.6. The largest absolute Gasteiger partial charge is 0.444 e. The zero-order valence-electron chi connectivity index (χ0n) is 55.6. The van der Waals surface area contributed by atoms with Gasteiger partial charge in [-0.05, 0) is 122 Å². The Kier molecular flexibility index (Phi) is 45.9. The summed E-state index contributed by atoms with van der Waals surface area (Å²) >= 11 is 0. The van der Waals surface area contributed by atoms with Gasteiger partial charge < -0.3 is 44.7 Å². The summed E-state index contributed by atoms with van der Waals surface area (Å²) in [6.45, 7) is 27.8. The van der Waals surface area contributed by atoms with E-state index in [1.165, 1.54) is 146 Å². The van der Waals surface area contributed by atoms with E-state index in [4.69, 9.17) is 18.9 Å². The van der Waals surface area contributed by atoms with E-state index < -0.39 is 58.7 Å². The normalized spacial score (nSPS) is 12.3. The van der Waals surface area contributed by atoms with Crippen molar-refractivity contribution >= 4 is 57.8 Å². The molecule has 0 spiro atoms. The van der Waals surface area contributed by atoms with Crippen LogP contribution in [0, 0.1) is 0 Å². The van der Waals surface area contributed by atoms with Gasteiger partial charge in [0.2, 0.25) is 11.8 Å². The first-order valence-electron chi connectivity index (χ1n) is 32.9. The van der Waals surface area contributed by atoms with Crippen LogP contribution in [0.25, 0.3) is 0 Å². The van der Waals surface area contributed by atoms with Crippen molar-refractivity contribution in [3.63, 3.8) is 0 Å². The van der Waals surface area contributed by atoms with Crippen LogP contribution in [0.2, 0.25) is 0 Å². The van der Waals surface area contributed by atoms with Crippen LogP contribution in [0.5, 0.6) is 0 Å². The van der Waals surface area contributed by atoms with Crippen molar-refractivity contribution < 1.29 is 47.7 Å². The average Bonchev–Trinajstić information content (AvgIpc) is 3.48. The third-order valence-electron chi connectivity index (χ3n) is 13.4. The lowest BCUT2D eigenvalue weighted by molar-refractivity contribution is -0.129. The van der Waals surface area contributed by atoms with Gasteiger partial charge in [0, 0.05) is 57.3 Å². The van der Waals surface area contributed by atoms with Crippen molar-refractivity contribution in [2.45, 2.75) is 318 Å². The fourth-order valence-corrected chi connectivity index (χ4v) is 11.4. The van der Waals surface area contributed by atoms with Crippen LogP contribution in [0.15, 0.2) is 0 Å². The lowest BCUT2D eigenvalue weighted by atomic mass is 10.0. The molecule has 18 heteroatoms. The molecule has 0 aliphatic carbocycles. The first-order chi connectivity index (χ1) is 39.2. The maximum atomic E-state index is 14.0. The predicted molar refractivity (Wildman–Crippen MR) is 347 cm³/mol. The second kappa shape index (κ2) is 47.8. The second-order valence-electron chi connectivity index (χ2n) is 26.7. The Bertz CT molecular complexity index is 1700. The lowest BCUT2D eigenvalue weighted by Crippen LogP contribution is -2.52. The first kappa shape index (κ1) is 79.7. The number of hydrogen-bond donors (Lipinski definition) is 3. The molecule has 1 atom stereocenters. The van der Waals surface area contributed by atoms with Crippen molar-refractivity contribution in [2.24, 2.45) is 0 Å². The minimum Gasteiger partial charge on any atom is -0.444 e. The third-order valence-corrected chi connectivity index (χ3v) is 15.9. The lowest BCUT2D eigenvalue weighted by Gasteiger charge is -2.30. The summed E-state index contributed by atoms with van der Waals surface area (Å²) in [5.41, 5.74) is -2.95. The van der Waals surface area contributed by atoms with Crippen LogP contribution >= 0.6 is 21.6 Å². The molecular formula is C65H126N6O10S2. The topological polar surface area (TPSA) is 185 Å². The number of amides is 6. The van der Waals surface area contributed by atoms with Crippen LogP contribution in [-0.4, -0.2) is 143 Å². The Morgan fingerprint density at radius 2 is 0.711 bits per heavy atom. The molecule has 0 bridgehead atoms. The van der Waals surface area contributed by atoms with E-state index >= 15 is 0 Å².